The first-order chi connectivity index (χ1) is 7.50. The minimum absolute atomic E-state index is 0.00521. The molecule has 3 heteroatoms. The van der Waals surface area contributed by atoms with Gasteiger partial charge >= 0.3 is 0 Å². The smallest absolute Gasteiger partial charge is 0.251 e. The van der Waals surface area contributed by atoms with Gasteiger partial charge in [-0.3, -0.25) is 4.79 Å². The molecule has 0 unspecified atom stereocenters. The van der Waals surface area contributed by atoms with Crippen molar-refractivity contribution in [2.45, 2.75) is 26.7 Å². The van der Waals surface area contributed by atoms with Gasteiger partial charge in [0.25, 0.3) is 5.91 Å². The minimum Gasteiger partial charge on any atom is -0.399 e. The molecule has 0 bridgehead atoms. The number of carbonyl (C=O) groups excluding carboxylic acids is 1. The topological polar surface area (TPSA) is 55.1 Å². The Bertz CT molecular complexity index is 422. The highest BCUT2D eigenvalue weighted by atomic mass is 16.1. The van der Waals surface area contributed by atoms with Gasteiger partial charge in [0.1, 0.15) is 0 Å². The molecule has 3 N–H and O–H groups in total. The van der Waals surface area contributed by atoms with Crippen LogP contribution < -0.4 is 11.1 Å². The monoisotopic (exact) mass is 218 g/mol. The van der Waals surface area contributed by atoms with Crippen LogP contribution >= 0.6 is 0 Å². The molecule has 1 aliphatic rings. The van der Waals surface area contributed by atoms with Crippen molar-refractivity contribution >= 4 is 11.6 Å². The lowest BCUT2D eigenvalue weighted by Gasteiger charge is -2.11. The molecule has 1 amide bonds. The standard InChI is InChI=1S/C13H18N2O/c1-9-7-10(14)3-4-11(9)12(16)15-8-13(2)5-6-13/h3-4,7H,5-6,8,14H2,1-2H3,(H,15,16). The summed E-state index contributed by atoms with van der Waals surface area (Å²) in [5, 5.41) is 2.98. The number of nitrogens with one attached hydrogen (secondary N) is 1. The molecule has 86 valence electrons. The average Bonchev–Trinajstić information content (AvgIpc) is 2.94. The van der Waals surface area contributed by atoms with Gasteiger partial charge in [0.05, 0.1) is 0 Å². The molecule has 1 aromatic carbocycles. The molecule has 1 saturated carbocycles. The van der Waals surface area contributed by atoms with Crippen LogP contribution in [-0.2, 0) is 0 Å². The van der Waals surface area contributed by atoms with E-state index in [1.807, 2.05) is 13.0 Å². The number of benzene rings is 1. The fourth-order valence-electron chi connectivity index (χ4n) is 1.72. The number of hydrogen-bond donors (Lipinski definition) is 2. The van der Waals surface area contributed by atoms with Gasteiger partial charge in [-0.2, -0.15) is 0 Å². The maximum Gasteiger partial charge on any atom is 0.251 e. The van der Waals surface area contributed by atoms with Gasteiger partial charge in [0.15, 0.2) is 0 Å². The molecule has 0 atom stereocenters. The summed E-state index contributed by atoms with van der Waals surface area (Å²) in [7, 11) is 0. The molecule has 3 nitrogen and oxygen atoms in total. The number of hydrogen-bond acceptors (Lipinski definition) is 2. The Hall–Kier alpha value is -1.51. The maximum absolute atomic E-state index is 11.9. The summed E-state index contributed by atoms with van der Waals surface area (Å²) in [6.07, 6.45) is 2.43. The van der Waals surface area contributed by atoms with Crippen LogP contribution in [0.2, 0.25) is 0 Å². The van der Waals surface area contributed by atoms with E-state index in [1.165, 1.54) is 12.8 Å². The van der Waals surface area contributed by atoms with E-state index >= 15 is 0 Å². The lowest BCUT2D eigenvalue weighted by molar-refractivity contribution is 0.0945. The van der Waals surface area contributed by atoms with Crippen molar-refractivity contribution in [3.8, 4) is 0 Å². The van der Waals surface area contributed by atoms with Crippen molar-refractivity contribution in [3.63, 3.8) is 0 Å². The van der Waals surface area contributed by atoms with E-state index in [2.05, 4.69) is 12.2 Å². The SMILES string of the molecule is Cc1cc(N)ccc1C(=O)NCC1(C)CC1. The highest BCUT2D eigenvalue weighted by Crippen LogP contribution is 2.44. The van der Waals surface area contributed by atoms with Gasteiger partial charge < -0.3 is 11.1 Å². The zero-order valence-electron chi connectivity index (χ0n) is 9.84. The van der Waals surface area contributed by atoms with Crippen molar-refractivity contribution in [2.75, 3.05) is 12.3 Å². The third kappa shape index (κ3) is 2.35. The van der Waals surface area contributed by atoms with Gasteiger partial charge in [-0.25, -0.2) is 0 Å². The van der Waals surface area contributed by atoms with Crippen molar-refractivity contribution in [3.05, 3.63) is 29.3 Å². The van der Waals surface area contributed by atoms with E-state index in [9.17, 15) is 4.79 Å². The van der Waals surface area contributed by atoms with Gasteiger partial charge in [-0.05, 0) is 48.9 Å². The van der Waals surface area contributed by atoms with Crippen molar-refractivity contribution in [1.82, 2.24) is 5.32 Å². The third-order valence-electron chi connectivity index (χ3n) is 3.27. The van der Waals surface area contributed by atoms with Crippen LogP contribution in [0.1, 0.15) is 35.7 Å². The van der Waals surface area contributed by atoms with E-state index in [0.717, 1.165) is 17.7 Å². The van der Waals surface area contributed by atoms with Crippen molar-refractivity contribution in [2.24, 2.45) is 5.41 Å². The summed E-state index contributed by atoms with van der Waals surface area (Å²) in [4.78, 5) is 11.9. The fourth-order valence-corrected chi connectivity index (χ4v) is 1.72. The molecule has 0 aliphatic heterocycles. The van der Waals surface area contributed by atoms with Crippen molar-refractivity contribution < 1.29 is 4.79 Å². The van der Waals surface area contributed by atoms with Crippen LogP contribution in [0, 0.1) is 12.3 Å². The average molecular weight is 218 g/mol. The predicted octanol–water partition coefficient (Wildman–Crippen LogP) is 2.11. The molecule has 2 rings (SSSR count). The van der Waals surface area contributed by atoms with E-state index in [1.54, 1.807) is 12.1 Å². The van der Waals surface area contributed by atoms with Crippen LogP contribution in [0.3, 0.4) is 0 Å². The maximum atomic E-state index is 11.9. The molecule has 0 aromatic heterocycles. The molecule has 0 saturated heterocycles. The van der Waals surface area contributed by atoms with Crippen LogP contribution in [0.5, 0.6) is 0 Å². The minimum atomic E-state index is 0.00521. The molecule has 0 heterocycles. The van der Waals surface area contributed by atoms with E-state index in [0.29, 0.717) is 11.1 Å². The lowest BCUT2D eigenvalue weighted by atomic mass is 10.1. The highest BCUT2D eigenvalue weighted by Gasteiger charge is 2.37. The third-order valence-corrected chi connectivity index (χ3v) is 3.27. The van der Waals surface area contributed by atoms with E-state index < -0.39 is 0 Å². The number of nitrogen functional groups attached to an aromatic ring is 1. The number of rotatable bonds is 3. The molecule has 1 aromatic rings. The molecule has 0 radical (unpaired) electrons. The summed E-state index contributed by atoms with van der Waals surface area (Å²) in [5.41, 5.74) is 8.34. The first-order valence-electron chi connectivity index (χ1n) is 5.65. The summed E-state index contributed by atoms with van der Waals surface area (Å²) in [6.45, 7) is 4.88. The zero-order valence-corrected chi connectivity index (χ0v) is 9.84. The molecule has 0 spiro atoms. The Morgan fingerprint density at radius 2 is 2.19 bits per heavy atom. The Labute approximate surface area is 96.0 Å². The second-order valence-electron chi connectivity index (χ2n) is 5.07. The first-order valence-corrected chi connectivity index (χ1v) is 5.65. The van der Waals surface area contributed by atoms with Crippen LogP contribution in [0.4, 0.5) is 5.69 Å². The summed E-state index contributed by atoms with van der Waals surface area (Å²) >= 11 is 0. The predicted molar refractivity (Wildman–Crippen MR) is 65.3 cm³/mol. The Balaban J connectivity index is 2.02. The quantitative estimate of drug-likeness (QED) is 0.763. The first kappa shape index (κ1) is 11.0. The van der Waals surface area contributed by atoms with Gasteiger partial charge in [-0.15, -0.1) is 0 Å². The Kier molecular flexibility index (Phi) is 2.62. The second kappa shape index (κ2) is 3.81. The van der Waals surface area contributed by atoms with Crippen molar-refractivity contribution in [1.29, 1.82) is 0 Å². The summed E-state index contributed by atoms with van der Waals surface area (Å²) in [6, 6.07) is 5.38. The number of carbonyl (C=O) groups is 1. The molecule has 1 fully saturated rings. The van der Waals surface area contributed by atoms with Crippen LogP contribution in [-0.4, -0.2) is 12.5 Å². The molecule has 16 heavy (non-hydrogen) atoms. The van der Waals surface area contributed by atoms with Crippen LogP contribution in [0.25, 0.3) is 0 Å². The number of anilines is 1. The van der Waals surface area contributed by atoms with E-state index in [-0.39, 0.29) is 5.91 Å². The normalized spacial score (nSPS) is 16.9. The van der Waals surface area contributed by atoms with E-state index in [4.69, 9.17) is 5.73 Å². The summed E-state index contributed by atoms with van der Waals surface area (Å²) in [5.74, 6) is 0.00521. The lowest BCUT2D eigenvalue weighted by Crippen LogP contribution is -2.29. The Morgan fingerprint density at radius 1 is 1.50 bits per heavy atom. The largest absolute Gasteiger partial charge is 0.399 e. The molecular weight excluding hydrogens is 200 g/mol. The van der Waals surface area contributed by atoms with Gasteiger partial charge in [0, 0.05) is 17.8 Å². The summed E-state index contributed by atoms with van der Waals surface area (Å²) < 4.78 is 0. The zero-order chi connectivity index (χ0) is 11.8. The Morgan fingerprint density at radius 3 is 2.75 bits per heavy atom. The number of nitrogens with two attached hydrogens (primary N) is 1. The number of amides is 1. The highest BCUT2D eigenvalue weighted by molar-refractivity contribution is 5.96. The molecule has 1 aliphatic carbocycles. The fraction of sp³-hybridized carbons (Fsp3) is 0.462. The van der Waals surface area contributed by atoms with Gasteiger partial charge in [0.2, 0.25) is 0 Å². The molecular formula is C13H18N2O. The second-order valence-corrected chi connectivity index (χ2v) is 5.07. The number of aryl methyl sites for hydroxylation is 1. The van der Waals surface area contributed by atoms with Crippen LogP contribution in [0.15, 0.2) is 18.2 Å². The van der Waals surface area contributed by atoms with Gasteiger partial charge in [-0.1, -0.05) is 6.92 Å².